The molecule has 1 N–H and O–H groups in total. The lowest BCUT2D eigenvalue weighted by Gasteiger charge is -2.23. The topological polar surface area (TPSA) is 24.5 Å². The standard InChI is InChI=1S/C17H21ClN2O/c1-19-11-14-6-7-15(18)10-17(14)20(2)12-13-4-8-16(21-3)9-5-13/h4-10,19H,11-12H2,1-3H3. The molecule has 0 aromatic heterocycles. The van der Waals surface area contributed by atoms with Gasteiger partial charge in [0.25, 0.3) is 0 Å². The smallest absolute Gasteiger partial charge is 0.118 e. The Hall–Kier alpha value is -1.71. The Labute approximate surface area is 131 Å². The number of methoxy groups -OCH3 is 1. The zero-order valence-corrected chi connectivity index (χ0v) is 13.4. The van der Waals surface area contributed by atoms with E-state index < -0.39 is 0 Å². The molecular formula is C17H21ClN2O. The van der Waals surface area contributed by atoms with Gasteiger partial charge in [0, 0.05) is 30.8 Å². The monoisotopic (exact) mass is 304 g/mol. The number of benzene rings is 2. The third-order valence-electron chi connectivity index (χ3n) is 3.40. The van der Waals surface area contributed by atoms with Crippen LogP contribution >= 0.6 is 11.6 Å². The SMILES string of the molecule is CNCc1ccc(Cl)cc1N(C)Cc1ccc(OC)cc1. The van der Waals surface area contributed by atoms with E-state index in [1.807, 2.05) is 31.3 Å². The average Bonchev–Trinajstić information content (AvgIpc) is 2.50. The largest absolute Gasteiger partial charge is 0.497 e. The Bertz CT molecular complexity index is 584. The maximum absolute atomic E-state index is 6.14. The van der Waals surface area contributed by atoms with Crippen LogP contribution in [0.2, 0.25) is 5.02 Å². The van der Waals surface area contributed by atoms with Crippen molar-refractivity contribution in [3.8, 4) is 5.75 Å². The van der Waals surface area contributed by atoms with Crippen LogP contribution in [0, 0.1) is 0 Å². The Morgan fingerprint density at radius 3 is 2.48 bits per heavy atom. The number of rotatable bonds is 6. The normalized spacial score (nSPS) is 10.5. The van der Waals surface area contributed by atoms with Gasteiger partial charge < -0.3 is 15.0 Å². The lowest BCUT2D eigenvalue weighted by atomic mass is 10.1. The second-order valence-electron chi connectivity index (χ2n) is 5.01. The van der Waals surface area contributed by atoms with Crippen molar-refractivity contribution in [2.24, 2.45) is 0 Å². The molecule has 3 nitrogen and oxygen atoms in total. The van der Waals surface area contributed by atoms with E-state index in [1.54, 1.807) is 7.11 Å². The van der Waals surface area contributed by atoms with Crippen LogP contribution in [0.5, 0.6) is 5.75 Å². The van der Waals surface area contributed by atoms with Gasteiger partial charge in [0.15, 0.2) is 0 Å². The Morgan fingerprint density at radius 2 is 1.86 bits per heavy atom. The molecule has 0 radical (unpaired) electrons. The fraction of sp³-hybridized carbons (Fsp3) is 0.294. The van der Waals surface area contributed by atoms with Gasteiger partial charge in [-0.15, -0.1) is 0 Å². The minimum atomic E-state index is 0.756. The van der Waals surface area contributed by atoms with Crippen molar-refractivity contribution in [3.05, 3.63) is 58.6 Å². The summed E-state index contributed by atoms with van der Waals surface area (Å²) in [4.78, 5) is 2.21. The number of halogens is 1. The van der Waals surface area contributed by atoms with Crippen molar-refractivity contribution in [2.45, 2.75) is 13.1 Å². The first kappa shape index (κ1) is 15.7. The molecule has 0 bridgehead atoms. The first-order valence-electron chi connectivity index (χ1n) is 6.91. The molecule has 0 heterocycles. The fourth-order valence-corrected chi connectivity index (χ4v) is 2.49. The van der Waals surface area contributed by atoms with Gasteiger partial charge in [0.2, 0.25) is 0 Å². The summed E-state index contributed by atoms with van der Waals surface area (Å²) in [6.07, 6.45) is 0. The highest BCUT2D eigenvalue weighted by Crippen LogP contribution is 2.25. The van der Waals surface area contributed by atoms with Gasteiger partial charge in [-0.25, -0.2) is 0 Å². The maximum Gasteiger partial charge on any atom is 0.118 e. The van der Waals surface area contributed by atoms with E-state index in [2.05, 4.69) is 35.5 Å². The zero-order chi connectivity index (χ0) is 15.2. The van der Waals surface area contributed by atoms with E-state index in [0.717, 1.165) is 29.5 Å². The Balaban J connectivity index is 2.18. The quantitative estimate of drug-likeness (QED) is 0.880. The van der Waals surface area contributed by atoms with Crippen LogP contribution in [0.25, 0.3) is 0 Å². The van der Waals surface area contributed by atoms with Crippen LogP contribution in [0.1, 0.15) is 11.1 Å². The second-order valence-corrected chi connectivity index (χ2v) is 5.44. The fourth-order valence-electron chi connectivity index (χ4n) is 2.32. The number of anilines is 1. The van der Waals surface area contributed by atoms with Gasteiger partial charge in [-0.1, -0.05) is 29.8 Å². The van der Waals surface area contributed by atoms with E-state index in [-0.39, 0.29) is 0 Å². The van der Waals surface area contributed by atoms with Crippen LogP contribution in [-0.2, 0) is 13.1 Å². The molecule has 2 rings (SSSR count). The lowest BCUT2D eigenvalue weighted by Crippen LogP contribution is -2.19. The molecule has 0 saturated heterocycles. The molecule has 2 aromatic rings. The molecule has 21 heavy (non-hydrogen) atoms. The summed E-state index contributed by atoms with van der Waals surface area (Å²) in [5.41, 5.74) is 3.61. The molecule has 4 heteroatoms. The molecule has 0 saturated carbocycles. The van der Waals surface area contributed by atoms with Crippen molar-refractivity contribution in [3.63, 3.8) is 0 Å². The van der Waals surface area contributed by atoms with E-state index in [0.29, 0.717) is 0 Å². The molecule has 0 spiro atoms. The second kappa shape index (κ2) is 7.34. The van der Waals surface area contributed by atoms with Gasteiger partial charge in [-0.05, 0) is 42.4 Å². The molecular weight excluding hydrogens is 284 g/mol. The van der Waals surface area contributed by atoms with E-state index in [1.165, 1.54) is 11.1 Å². The molecule has 0 amide bonds. The predicted octanol–water partition coefficient (Wildman–Crippen LogP) is 3.70. The Morgan fingerprint density at radius 1 is 1.14 bits per heavy atom. The van der Waals surface area contributed by atoms with E-state index in [4.69, 9.17) is 16.3 Å². The van der Waals surface area contributed by atoms with Crippen LogP contribution in [-0.4, -0.2) is 21.2 Å². The summed E-state index contributed by atoms with van der Waals surface area (Å²) in [6.45, 7) is 1.64. The highest BCUT2D eigenvalue weighted by molar-refractivity contribution is 6.30. The highest BCUT2D eigenvalue weighted by Gasteiger charge is 2.09. The molecule has 0 aliphatic carbocycles. The summed E-state index contributed by atoms with van der Waals surface area (Å²) in [5, 5.41) is 3.95. The van der Waals surface area contributed by atoms with Crippen molar-refractivity contribution in [1.29, 1.82) is 0 Å². The van der Waals surface area contributed by atoms with E-state index in [9.17, 15) is 0 Å². The summed E-state index contributed by atoms with van der Waals surface area (Å²) < 4.78 is 5.19. The van der Waals surface area contributed by atoms with Gasteiger partial charge >= 0.3 is 0 Å². The Kier molecular flexibility index (Phi) is 5.48. The first-order valence-corrected chi connectivity index (χ1v) is 7.29. The number of nitrogens with one attached hydrogen (secondary N) is 1. The van der Waals surface area contributed by atoms with E-state index >= 15 is 0 Å². The minimum absolute atomic E-state index is 0.756. The van der Waals surface area contributed by atoms with Crippen molar-refractivity contribution in [2.75, 3.05) is 26.1 Å². The zero-order valence-electron chi connectivity index (χ0n) is 12.7. The van der Waals surface area contributed by atoms with Crippen LogP contribution in [0.15, 0.2) is 42.5 Å². The summed E-state index contributed by atoms with van der Waals surface area (Å²) >= 11 is 6.14. The summed E-state index contributed by atoms with van der Waals surface area (Å²) in [5.74, 6) is 0.875. The van der Waals surface area contributed by atoms with Crippen molar-refractivity contribution in [1.82, 2.24) is 5.32 Å². The number of hydrogen-bond donors (Lipinski definition) is 1. The summed E-state index contributed by atoms with van der Waals surface area (Å²) in [6, 6.07) is 14.1. The molecule has 0 unspecified atom stereocenters. The predicted molar refractivity (Wildman–Crippen MR) is 89.3 cm³/mol. The molecule has 112 valence electrons. The summed E-state index contributed by atoms with van der Waals surface area (Å²) in [7, 11) is 5.70. The van der Waals surface area contributed by atoms with Gasteiger partial charge in [0.05, 0.1) is 7.11 Å². The van der Waals surface area contributed by atoms with Crippen LogP contribution < -0.4 is 15.0 Å². The van der Waals surface area contributed by atoms with Crippen LogP contribution in [0.3, 0.4) is 0 Å². The third kappa shape index (κ3) is 4.13. The number of ether oxygens (including phenoxy) is 1. The number of hydrogen-bond acceptors (Lipinski definition) is 3. The van der Waals surface area contributed by atoms with Crippen LogP contribution in [0.4, 0.5) is 5.69 Å². The molecule has 2 aromatic carbocycles. The maximum atomic E-state index is 6.14. The minimum Gasteiger partial charge on any atom is -0.497 e. The molecule has 0 fully saturated rings. The molecule has 0 aliphatic rings. The van der Waals surface area contributed by atoms with Gasteiger partial charge in [-0.2, -0.15) is 0 Å². The van der Waals surface area contributed by atoms with Crippen molar-refractivity contribution >= 4 is 17.3 Å². The third-order valence-corrected chi connectivity index (χ3v) is 3.64. The first-order chi connectivity index (χ1) is 10.1. The average molecular weight is 305 g/mol. The van der Waals surface area contributed by atoms with Gasteiger partial charge in [-0.3, -0.25) is 0 Å². The van der Waals surface area contributed by atoms with Crippen molar-refractivity contribution < 1.29 is 4.74 Å². The number of nitrogens with zero attached hydrogens (tertiary/aromatic N) is 1. The van der Waals surface area contributed by atoms with Gasteiger partial charge in [0.1, 0.15) is 5.75 Å². The molecule has 0 atom stereocenters. The highest BCUT2D eigenvalue weighted by atomic mass is 35.5. The molecule has 0 aliphatic heterocycles. The lowest BCUT2D eigenvalue weighted by molar-refractivity contribution is 0.414.